The van der Waals surface area contributed by atoms with Gasteiger partial charge in [0.2, 0.25) is 5.91 Å². The first-order valence-electron chi connectivity index (χ1n) is 9.66. The Labute approximate surface area is 166 Å². The first-order chi connectivity index (χ1) is 12.9. The normalized spacial score (nSPS) is 19.7. The Morgan fingerprint density at radius 2 is 2.19 bits per heavy atom. The zero-order valence-electron chi connectivity index (χ0n) is 16.4. The number of nitrogens with zero attached hydrogens (tertiary/aromatic N) is 1. The van der Waals surface area contributed by atoms with Crippen molar-refractivity contribution in [2.75, 3.05) is 32.8 Å². The van der Waals surface area contributed by atoms with Crippen molar-refractivity contribution >= 4 is 17.5 Å². The quantitative estimate of drug-likeness (QED) is 0.704. The Kier molecular flexibility index (Phi) is 8.04. The van der Waals surface area contributed by atoms with Gasteiger partial charge in [0, 0.05) is 36.8 Å². The molecular weight excluding hydrogens is 369 g/mol. The number of morpholine rings is 1. The molecule has 0 spiro atoms. The highest BCUT2D eigenvalue weighted by Crippen LogP contribution is 2.32. The van der Waals surface area contributed by atoms with E-state index in [1.54, 1.807) is 12.1 Å². The lowest BCUT2D eigenvalue weighted by Crippen LogP contribution is -2.50. The molecule has 1 heterocycles. The molecule has 1 aromatic rings. The molecule has 2 rings (SSSR count). The minimum atomic E-state index is -0.595. The summed E-state index contributed by atoms with van der Waals surface area (Å²) in [5, 5.41) is 3.38. The van der Waals surface area contributed by atoms with Crippen LogP contribution in [0, 0.1) is 11.2 Å². The number of ether oxygens (including phenoxy) is 1. The summed E-state index contributed by atoms with van der Waals surface area (Å²) >= 11 is 6.34. The predicted octanol–water partition coefficient (Wildman–Crippen LogP) is 3.12. The first-order valence-corrected chi connectivity index (χ1v) is 10.0. The average Bonchev–Trinajstić information content (AvgIpc) is 2.66. The van der Waals surface area contributed by atoms with Crippen LogP contribution in [0.25, 0.3) is 0 Å². The fourth-order valence-electron chi connectivity index (χ4n) is 3.70. The molecule has 1 amide bonds. The lowest BCUT2D eigenvalue weighted by Gasteiger charge is -2.38. The summed E-state index contributed by atoms with van der Waals surface area (Å²) in [7, 11) is 0. The van der Waals surface area contributed by atoms with E-state index < -0.39 is 5.41 Å². The second kappa shape index (κ2) is 9.82. The summed E-state index contributed by atoms with van der Waals surface area (Å²) in [6, 6.07) is 4.31. The van der Waals surface area contributed by atoms with Gasteiger partial charge in [-0.3, -0.25) is 9.69 Å². The molecule has 1 aromatic carbocycles. The zero-order chi connectivity index (χ0) is 20.0. The highest BCUT2D eigenvalue weighted by molar-refractivity contribution is 6.31. The standard InChI is InChI=1S/C20H31ClFN3O2/c1-4-20(5-2,13-23)19(26)24-11-17(25-9-10-27-14(3)12-25)18-15(21)7-6-8-16(18)22/h6-8,14,17H,4-5,9-13,23H2,1-3H3,(H,24,26). The van der Waals surface area contributed by atoms with Crippen molar-refractivity contribution in [3.63, 3.8) is 0 Å². The second-order valence-corrected chi connectivity index (χ2v) is 7.64. The van der Waals surface area contributed by atoms with Crippen molar-refractivity contribution < 1.29 is 13.9 Å². The molecule has 27 heavy (non-hydrogen) atoms. The Bertz CT molecular complexity index is 611. The van der Waals surface area contributed by atoms with Gasteiger partial charge in [0.15, 0.2) is 0 Å². The van der Waals surface area contributed by atoms with E-state index in [-0.39, 0.29) is 37.0 Å². The van der Waals surface area contributed by atoms with Crippen molar-refractivity contribution in [1.82, 2.24) is 10.2 Å². The van der Waals surface area contributed by atoms with Crippen LogP contribution in [-0.2, 0) is 9.53 Å². The topological polar surface area (TPSA) is 67.6 Å². The molecule has 5 nitrogen and oxygen atoms in total. The maximum atomic E-state index is 14.6. The van der Waals surface area contributed by atoms with E-state index in [0.717, 1.165) is 0 Å². The third-order valence-corrected chi connectivity index (χ3v) is 6.06. The number of amides is 1. The van der Waals surface area contributed by atoms with Gasteiger partial charge in [-0.15, -0.1) is 0 Å². The molecule has 2 unspecified atom stereocenters. The van der Waals surface area contributed by atoms with E-state index in [1.807, 2.05) is 20.8 Å². The van der Waals surface area contributed by atoms with Gasteiger partial charge in [-0.1, -0.05) is 31.5 Å². The highest BCUT2D eigenvalue weighted by atomic mass is 35.5. The van der Waals surface area contributed by atoms with Crippen LogP contribution in [0.5, 0.6) is 0 Å². The number of carbonyl (C=O) groups is 1. The molecule has 1 fully saturated rings. The summed E-state index contributed by atoms with van der Waals surface area (Å²) < 4.78 is 20.2. The van der Waals surface area contributed by atoms with Crippen molar-refractivity contribution in [1.29, 1.82) is 0 Å². The van der Waals surface area contributed by atoms with E-state index in [4.69, 9.17) is 22.1 Å². The number of hydrogen-bond acceptors (Lipinski definition) is 4. The van der Waals surface area contributed by atoms with Crippen molar-refractivity contribution in [3.8, 4) is 0 Å². The monoisotopic (exact) mass is 399 g/mol. The smallest absolute Gasteiger partial charge is 0.227 e. The van der Waals surface area contributed by atoms with Crippen LogP contribution in [0.2, 0.25) is 5.02 Å². The molecule has 3 N–H and O–H groups in total. The molecule has 1 aliphatic rings. The lowest BCUT2D eigenvalue weighted by molar-refractivity contribution is -0.131. The molecule has 7 heteroatoms. The number of nitrogens with two attached hydrogens (primary N) is 1. The van der Waals surface area contributed by atoms with Gasteiger partial charge in [-0.05, 0) is 31.9 Å². The molecule has 0 aromatic heterocycles. The van der Waals surface area contributed by atoms with Crippen molar-refractivity contribution in [3.05, 3.63) is 34.6 Å². The largest absolute Gasteiger partial charge is 0.376 e. The fourth-order valence-corrected chi connectivity index (χ4v) is 3.99. The van der Waals surface area contributed by atoms with Crippen LogP contribution in [0.15, 0.2) is 18.2 Å². The van der Waals surface area contributed by atoms with E-state index in [2.05, 4.69) is 10.2 Å². The van der Waals surface area contributed by atoms with Crippen LogP contribution in [-0.4, -0.2) is 49.7 Å². The number of carbonyl (C=O) groups excluding carboxylic acids is 1. The van der Waals surface area contributed by atoms with Gasteiger partial charge in [0.05, 0.1) is 24.2 Å². The van der Waals surface area contributed by atoms with Gasteiger partial charge >= 0.3 is 0 Å². The SMILES string of the molecule is CCC(CC)(CN)C(=O)NCC(c1c(F)cccc1Cl)N1CCOC(C)C1. The van der Waals surface area contributed by atoms with E-state index in [9.17, 15) is 9.18 Å². The van der Waals surface area contributed by atoms with Crippen LogP contribution in [0.3, 0.4) is 0 Å². The highest BCUT2D eigenvalue weighted by Gasteiger charge is 2.35. The van der Waals surface area contributed by atoms with Crippen LogP contribution in [0.4, 0.5) is 4.39 Å². The third-order valence-electron chi connectivity index (χ3n) is 5.73. The number of rotatable bonds is 8. The van der Waals surface area contributed by atoms with Gasteiger partial charge < -0.3 is 15.8 Å². The Morgan fingerprint density at radius 1 is 1.48 bits per heavy atom. The van der Waals surface area contributed by atoms with Gasteiger partial charge in [-0.2, -0.15) is 0 Å². The number of nitrogens with one attached hydrogen (secondary N) is 1. The van der Waals surface area contributed by atoms with Crippen LogP contribution >= 0.6 is 11.6 Å². The van der Waals surface area contributed by atoms with Crippen molar-refractivity contribution in [2.24, 2.45) is 11.1 Å². The van der Waals surface area contributed by atoms with Crippen molar-refractivity contribution in [2.45, 2.75) is 45.8 Å². The van der Waals surface area contributed by atoms with Crippen LogP contribution < -0.4 is 11.1 Å². The Balaban J connectivity index is 2.27. The Hall–Kier alpha value is -1.21. The molecule has 0 bridgehead atoms. The summed E-state index contributed by atoms with van der Waals surface area (Å²) in [4.78, 5) is 15.0. The van der Waals surface area contributed by atoms with Gasteiger partial charge in [-0.25, -0.2) is 4.39 Å². The minimum Gasteiger partial charge on any atom is -0.376 e. The molecule has 0 aliphatic carbocycles. The minimum absolute atomic E-state index is 0.0388. The summed E-state index contributed by atoms with van der Waals surface area (Å²) in [5.74, 6) is -0.453. The number of hydrogen-bond donors (Lipinski definition) is 2. The molecule has 1 saturated heterocycles. The third kappa shape index (κ3) is 4.99. The molecule has 0 radical (unpaired) electrons. The van der Waals surface area contributed by atoms with E-state index in [0.29, 0.717) is 43.1 Å². The molecular formula is C20H31ClFN3O2. The molecule has 1 aliphatic heterocycles. The number of halogens is 2. The lowest BCUT2D eigenvalue weighted by atomic mass is 9.81. The number of benzene rings is 1. The first kappa shape index (κ1) is 22.1. The summed E-state index contributed by atoms with van der Waals surface area (Å²) in [6.45, 7) is 8.33. The molecule has 152 valence electrons. The van der Waals surface area contributed by atoms with E-state index >= 15 is 0 Å². The maximum absolute atomic E-state index is 14.6. The van der Waals surface area contributed by atoms with E-state index in [1.165, 1.54) is 6.07 Å². The summed E-state index contributed by atoms with van der Waals surface area (Å²) in [6.07, 6.45) is 1.36. The van der Waals surface area contributed by atoms with Gasteiger partial charge in [0.1, 0.15) is 5.82 Å². The second-order valence-electron chi connectivity index (χ2n) is 7.23. The summed E-state index contributed by atoms with van der Waals surface area (Å²) in [5.41, 5.74) is 5.71. The van der Waals surface area contributed by atoms with Gasteiger partial charge in [0.25, 0.3) is 0 Å². The Morgan fingerprint density at radius 3 is 2.74 bits per heavy atom. The fraction of sp³-hybridized carbons (Fsp3) is 0.650. The molecule has 2 atom stereocenters. The maximum Gasteiger partial charge on any atom is 0.227 e. The average molecular weight is 400 g/mol. The predicted molar refractivity (Wildman–Crippen MR) is 106 cm³/mol. The van der Waals surface area contributed by atoms with Crippen LogP contribution in [0.1, 0.15) is 45.2 Å². The molecule has 0 saturated carbocycles. The zero-order valence-corrected chi connectivity index (χ0v) is 17.2.